The van der Waals surface area contributed by atoms with Crippen molar-refractivity contribution in [3.05, 3.63) is 69.8 Å². The Morgan fingerprint density at radius 3 is 2.80 bits per heavy atom. The van der Waals surface area contributed by atoms with Gasteiger partial charge in [-0.1, -0.05) is 24.3 Å². The SMILES string of the molecule is O=C(N[C@H]1c2ccccc2C[C@H]1O)c1ccc(=O)oc1. The van der Waals surface area contributed by atoms with Crippen molar-refractivity contribution in [2.75, 3.05) is 0 Å². The summed E-state index contributed by atoms with van der Waals surface area (Å²) >= 11 is 0. The molecule has 2 aromatic rings. The third kappa shape index (κ3) is 2.23. The van der Waals surface area contributed by atoms with Gasteiger partial charge in [-0.2, -0.15) is 0 Å². The zero-order valence-electron chi connectivity index (χ0n) is 10.6. The Bertz CT molecular complexity index is 687. The van der Waals surface area contributed by atoms with E-state index in [9.17, 15) is 14.7 Å². The first-order valence-electron chi connectivity index (χ1n) is 6.31. The third-order valence-corrected chi connectivity index (χ3v) is 3.45. The Hall–Kier alpha value is -2.40. The second-order valence-corrected chi connectivity index (χ2v) is 4.76. The molecule has 0 saturated carbocycles. The zero-order chi connectivity index (χ0) is 14.1. The van der Waals surface area contributed by atoms with E-state index in [1.54, 1.807) is 0 Å². The molecule has 1 aliphatic rings. The van der Waals surface area contributed by atoms with Crippen molar-refractivity contribution in [3.63, 3.8) is 0 Å². The van der Waals surface area contributed by atoms with Crippen LogP contribution in [-0.2, 0) is 6.42 Å². The van der Waals surface area contributed by atoms with E-state index in [1.807, 2.05) is 24.3 Å². The average molecular weight is 271 g/mol. The molecule has 2 atom stereocenters. The molecular weight excluding hydrogens is 258 g/mol. The molecule has 3 rings (SSSR count). The molecule has 0 fully saturated rings. The number of aliphatic hydroxyl groups excluding tert-OH is 1. The highest BCUT2D eigenvalue weighted by atomic mass is 16.4. The number of hydrogen-bond acceptors (Lipinski definition) is 4. The van der Waals surface area contributed by atoms with E-state index in [0.29, 0.717) is 6.42 Å². The number of carbonyl (C=O) groups is 1. The average Bonchev–Trinajstić information content (AvgIpc) is 2.76. The zero-order valence-corrected chi connectivity index (χ0v) is 10.6. The summed E-state index contributed by atoms with van der Waals surface area (Å²) < 4.78 is 4.66. The molecule has 0 radical (unpaired) electrons. The van der Waals surface area contributed by atoms with Crippen LogP contribution in [0, 0.1) is 0 Å². The van der Waals surface area contributed by atoms with Gasteiger partial charge in [0.1, 0.15) is 6.26 Å². The van der Waals surface area contributed by atoms with Gasteiger partial charge in [-0.3, -0.25) is 4.79 Å². The molecule has 20 heavy (non-hydrogen) atoms. The Labute approximate surface area is 114 Å². The summed E-state index contributed by atoms with van der Waals surface area (Å²) in [4.78, 5) is 22.9. The molecule has 0 aliphatic heterocycles. The fourth-order valence-electron chi connectivity index (χ4n) is 2.46. The summed E-state index contributed by atoms with van der Waals surface area (Å²) in [7, 11) is 0. The molecule has 0 unspecified atom stereocenters. The van der Waals surface area contributed by atoms with Crippen molar-refractivity contribution in [1.82, 2.24) is 5.32 Å². The molecule has 5 nitrogen and oxygen atoms in total. The number of hydrogen-bond donors (Lipinski definition) is 2. The molecular formula is C15H13NO4. The molecule has 5 heteroatoms. The van der Waals surface area contributed by atoms with Crippen LogP contribution in [0.4, 0.5) is 0 Å². The second-order valence-electron chi connectivity index (χ2n) is 4.76. The van der Waals surface area contributed by atoms with Crippen LogP contribution < -0.4 is 10.9 Å². The molecule has 1 aromatic heterocycles. The van der Waals surface area contributed by atoms with Crippen LogP contribution in [0.1, 0.15) is 27.5 Å². The minimum Gasteiger partial charge on any atom is -0.430 e. The monoisotopic (exact) mass is 271 g/mol. The van der Waals surface area contributed by atoms with Gasteiger partial charge < -0.3 is 14.8 Å². The van der Waals surface area contributed by atoms with Gasteiger partial charge in [0.15, 0.2) is 0 Å². The summed E-state index contributed by atoms with van der Waals surface area (Å²) in [6.45, 7) is 0. The van der Waals surface area contributed by atoms with E-state index in [1.165, 1.54) is 12.1 Å². The lowest BCUT2D eigenvalue weighted by Gasteiger charge is -2.17. The number of carbonyl (C=O) groups excluding carboxylic acids is 1. The predicted octanol–water partition coefficient (Wildman–Crippen LogP) is 1.03. The number of benzene rings is 1. The van der Waals surface area contributed by atoms with Gasteiger partial charge >= 0.3 is 5.63 Å². The standard InChI is InChI=1S/C15H13NO4/c17-12-7-9-3-1-2-4-11(9)14(12)16-15(19)10-5-6-13(18)20-8-10/h1-6,8,12,14,17H,7H2,(H,16,19)/t12-,14+/m1/s1. The van der Waals surface area contributed by atoms with Crippen LogP contribution in [0.3, 0.4) is 0 Å². The Morgan fingerprint density at radius 2 is 2.05 bits per heavy atom. The number of aliphatic hydroxyl groups is 1. The van der Waals surface area contributed by atoms with Crippen LogP contribution in [0.15, 0.2) is 51.9 Å². The molecule has 102 valence electrons. The molecule has 1 aromatic carbocycles. The molecule has 1 aliphatic carbocycles. The summed E-state index contributed by atoms with van der Waals surface area (Å²) in [6, 6.07) is 9.75. The summed E-state index contributed by atoms with van der Waals surface area (Å²) in [5.74, 6) is -0.380. The number of rotatable bonds is 2. The lowest BCUT2D eigenvalue weighted by molar-refractivity contribution is 0.0856. The minimum absolute atomic E-state index is 0.251. The predicted molar refractivity (Wildman–Crippen MR) is 71.3 cm³/mol. The van der Waals surface area contributed by atoms with Crippen molar-refractivity contribution in [1.29, 1.82) is 0 Å². The van der Waals surface area contributed by atoms with Crippen molar-refractivity contribution in [2.24, 2.45) is 0 Å². The quantitative estimate of drug-likeness (QED) is 0.855. The molecule has 1 heterocycles. The van der Waals surface area contributed by atoms with E-state index in [-0.39, 0.29) is 11.5 Å². The number of fused-ring (bicyclic) bond motifs is 1. The number of amides is 1. The van der Waals surface area contributed by atoms with Crippen LogP contribution >= 0.6 is 0 Å². The molecule has 0 saturated heterocycles. The maximum atomic E-state index is 12.1. The normalized spacial score (nSPS) is 20.4. The fraction of sp³-hybridized carbons (Fsp3) is 0.200. The van der Waals surface area contributed by atoms with E-state index in [2.05, 4.69) is 9.73 Å². The van der Waals surface area contributed by atoms with E-state index in [4.69, 9.17) is 0 Å². The Kier molecular flexibility index (Phi) is 3.12. The van der Waals surface area contributed by atoms with E-state index in [0.717, 1.165) is 17.4 Å². The van der Waals surface area contributed by atoms with Crippen molar-refractivity contribution in [3.8, 4) is 0 Å². The smallest absolute Gasteiger partial charge is 0.335 e. The maximum absolute atomic E-state index is 12.1. The van der Waals surface area contributed by atoms with Crippen molar-refractivity contribution < 1.29 is 14.3 Å². The Morgan fingerprint density at radius 1 is 1.25 bits per heavy atom. The van der Waals surface area contributed by atoms with E-state index < -0.39 is 17.8 Å². The lowest BCUT2D eigenvalue weighted by atomic mass is 10.1. The maximum Gasteiger partial charge on any atom is 0.335 e. The first-order valence-corrected chi connectivity index (χ1v) is 6.31. The fourth-order valence-corrected chi connectivity index (χ4v) is 2.46. The first kappa shape index (κ1) is 12.6. The molecule has 0 bridgehead atoms. The van der Waals surface area contributed by atoms with Crippen molar-refractivity contribution >= 4 is 5.91 Å². The topological polar surface area (TPSA) is 79.5 Å². The van der Waals surface area contributed by atoms with Crippen molar-refractivity contribution in [2.45, 2.75) is 18.6 Å². The van der Waals surface area contributed by atoms with Crippen LogP contribution in [-0.4, -0.2) is 17.1 Å². The van der Waals surface area contributed by atoms with Crippen LogP contribution in [0.25, 0.3) is 0 Å². The minimum atomic E-state index is -0.646. The number of nitrogens with one attached hydrogen (secondary N) is 1. The third-order valence-electron chi connectivity index (χ3n) is 3.45. The second kappa shape index (κ2) is 4.94. The summed E-state index contributed by atoms with van der Waals surface area (Å²) in [5.41, 5.74) is 1.70. The lowest BCUT2D eigenvalue weighted by Crippen LogP contribution is -2.33. The Balaban J connectivity index is 1.83. The van der Waals surface area contributed by atoms with Gasteiger partial charge in [0.05, 0.1) is 17.7 Å². The van der Waals surface area contributed by atoms with E-state index >= 15 is 0 Å². The molecule has 0 spiro atoms. The van der Waals surface area contributed by atoms with Crippen LogP contribution in [0.5, 0.6) is 0 Å². The highest BCUT2D eigenvalue weighted by Crippen LogP contribution is 2.31. The summed E-state index contributed by atoms with van der Waals surface area (Å²) in [6.07, 6.45) is 0.989. The van der Waals surface area contributed by atoms with Gasteiger partial charge in [-0.25, -0.2) is 4.79 Å². The van der Waals surface area contributed by atoms with Gasteiger partial charge in [0.25, 0.3) is 5.91 Å². The van der Waals surface area contributed by atoms with Gasteiger partial charge in [0, 0.05) is 12.5 Å². The summed E-state index contributed by atoms with van der Waals surface area (Å²) in [5, 5.41) is 12.8. The largest absolute Gasteiger partial charge is 0.430 e. The highest BCUT2D eigenvalue weighted by molar-refractivity contribution is 5.94. The van der Waals surface area contributed by atoms with Gasteiger partial charge in [-0.05, 0) is 17.2 Å². The van der Waals surface area contributed by atoms with Gasteiger partial charge in [0.2, 0.25) is 0 Å². The molecule has 1 amide bonds. The van der Waals surface area contributed by atoms with Gasteiger partial charge in [-0.15, -0.1) is 0 Å². The first-order chi connectivity index (χ1) is 9.65. The molecule has 2 N–H and O–H groups in total. The highest BCUT2D eigenvalue weighted by Gasteiger charge is 2.32. The van der Waals surface area contributed by atoms with Crippen LogP contribution in [0.2, 0.25) is 0 Å².